The van der Waals surface area contributed by atoms with Crippen LogP contribution in [0.2, 0.25) is 0 Å². The minimum Gasteiger partial charge on any atom is -0.347 e. The van der Waals surface area contributed by atoms with Crippen molar-refractivity contribution < 1.29 is 0 Å². The van der Waals surface area contributed by atoms with E-state index in [-0.39, 0.29) is 0 Å². The standard InChI is InChI=1S/C16H22N8S/c1-3-14-19-21-16(25-14)24-7-4-12(5-8-24)15-20-18-13(22(15)2)10-23-9-6-17-11-23/h6,9,11-12H,3-5,7-8,10H2,1-2H3. The highest BCUT2D eigenvalue weighted by molar-refractivity contribution is 7.15. The number of aryl methyl sites for hydroxylation is 1. The molecule has 0 aliphatic carbocycles. The zero-order valence-electron chi connectivity index (χ0n) is 14.5. The molecule has 0 N–H and O–H groups in total. The van der Waals surface area contributed by atoms with Crippen LogP contribution in [-0.2, 0) is 20.0 Å². The molecule has 0 unspecified atom stereocenters. The van der Waals surface area contributed by atoms with Gasteiger partial charge < -0.3 is 14.0 Å². The highest BCUT2D eigenvalue weighted by Crippen LogP contribution is 2.31. The number of rotatable bonds is 5. The van der Waals surface area contributed by atoms with E-state index >= 15 is 0 Å². The number of hydrogen-bond acceptors (Lipinski definition) is 7. The molecule has 132 valence electrons. The maximum Gasteiger partial charge on any atom is 0.208 e. The van der Waals surface area contributed by atoms with E-state index in [2.05, 4.69) is 48.8 Å². The Labute approximate surface area is 150 Å². The normalized spacial score (nSPS) is 15.8. The maximum absolute atomic E-state index is 4.47. The fourth-order valence-corrected chi connectivity index (χ4v) is 4.09. The van der Waals surface area contributed by atoms with Gasteiger partial charge in [0.15, 0.2) is 5.82 Å². The van der Waals surface area contributed by atoms with Crippen LogP contribution in [0.15, 0.2) is 18.7 Å². The highest BCUT2D eigenvalue weighted by Gasteiger charge is 2.26. The first-order valence-corrected chi connectivity index (χ1v) is 9.47. The average Bonchev–Trinajstić information content (AvgIpc) is 3.38. The molecule has 1 saturated heterocycles. The number of piperidine rings is 1. The Morgan fingerprint density at radius 3 is 2.68 bits per heavy atom. The number of nitrogens with zero attached hydrogens (tertiary/aromatic N) is 8. The Bertz CT molecular complexity index is 813. The Balaban J connectivity index is 1.41. The molecule has 25 heavy (non-hydrogen) atoms. The summed E-state index contributed by atoms with van der Waals surface area (Å²) in [6, 6.07) is 0. The first kappa shape index (κ1) is 16.2. The molecule has 0 saturated carbocycles. The summed E-state index contributed by atoms with van der Waals surface area (Å²) in [6.45, 7) is 4.80. The second kappa shape index (κ2) is 6.91. The molecular formula is C16H22N8S. The number of aromatic nitrogens is 7. The number of anilines is 1. The largest absolute Gasteiger partial charge is 0.347 e. The molecular weight excluding hydrogens is 336 g/mol. The van der Waals surface area contributed by atoms with Crippen LogP contribution >= 0.6 is 11.3 Å². The number of imidazole rings is 1. The highest BCUT2D eigenvalue weighted by atomic mass is 32.1. The van der Waals surface area contributed by atoms with Crippen molar-refractivity contribution in [2.45, 2.75) is 38.6 Å². The summed E-state index contributed by atoms with van der Waals surface area (Å²) in [5.74, 6) is 2.50. The van der Waals surface area contributed by atoms with Crippen molar-refractivity contribution in [2.75, 3.05) is 18.0 Å². The molecule has 0 amide bonds. The first-order valence-electron chi connectivity index (χ1n) is 8.65. The minimum atomic E-state index is 0.448. The second-order valence-electron chi connectivity index (χ2n) is 6.36. The smallest absolute Gasteiger partial charge is 0.208 e. The molecule has 3 aromatic heterocycles. The molecule has 9 heteroatoms. The van der Waals surface area contributed by atoms with E-state index in [1.165, 1.54) is 0 Å². The molecule has 1 aliphatic rings. The van der Waals surface area contributed by atoms with Gasteiger partial charge in [-0.1, -0.05) is 18.3 Å². The van der Waals surface area contributed by atoms with Crippen molar-refractivity contribution >= 4 is 16.5 Å². The van der Waals surface area contributed by atoms with Gasteiger partial charge in [0, 0.05) is 38.4 Å². The van der Waals surface area contributed by atoms with Crippen molar-refractivity contribution in [2.24, 2.45) is 7.05 Å². The van der Waals surface area contributed by atoms with Crippen molar-refractivity contribution in [3.05, 3.63) is 35.4 Å². The molecule has 4 heterocycles. The quantitative estimate of drug-likeness (QED) is 0.693. The first-order chi connectivity index (χ1) is 12.2. The summed E-state index contributed by atoms with van der Waals surface area (Å²) in [5.41, 5.74) is 0. The molecule has 0 atom stereocenters. The lowest BCUT2D eigenvalue weighted by Crippen LogP contribution is -2.33. The van der Waals surface area contributed by atoms with Gasteiger partial charge in [-0.15, -0.1) is 20.4 Å². The van der Waals surface area contributed by atoms with Gasteiger partial charge in [-0.3, -0.25) is 0 Å². The van der Waals surface area contributed by atoms with Crippen LogP contribution in [0.25, 0.3) is 0 Å². The molecule has 0 aromatic carbocycles. The van der Waals surface area contributed by atoms with E-state index in [0.717, 1.165) is 54.1 Å². The van der Waals surface area contributed by atoms with Crippen molar-refractivity contribution in [1.82, 2.24) is 34.5 Å². The lowest BCUT2D eigenvalue weighted by atomic mass is 9.96. The topological polar surface area (TPSA) is 77.6 Å². The second-order valence-corrected chi connectivity index (χ2v) is 7.40. The monoisotopic (exact) mass is 358 g/mol. The predicted molar refractivity (Wildman–Crippen MR) is 95.8 cm³/mol. The molecule has 8 nitrogen and oxygen atoms in total. The molecule has 4 rings (SSSR count). The fraction of sp³-hybridized carbons (Fsp3) is 0.562. The van der Waals surface area contributed by atoms with Gasteiger partial charge >= 0.3 is 0 Å². The number of hydrogen-bond donors (Lipinski definition) is 0. The maximum atomic E-state index is 4.47. The van der Waals surface area contributed by atoms with Gasteiger partial charge in [0.25, 0.3) is 0 Å². The summed E-state index contributed by atoms with van der Waals surface area (Å²) in [5, 5.41) is 19.6. The van der Waals surface area contributed by atoms with Gasteiger partial charge in [0.05, 0.1) is 12.9 Å². The third-order valence-electron chi connectivity index (χ3n) is 4.77. The van der Waals surface area contributed by atoms with Crippen LogP contribution in [0.4, 0.5) is 5.13 Å². The fourth-order valence-electron chi connectivity index (χ4n) is 3.26. The van der Waals surface area contributed by atoms with E-state index < -0.39 is 0 Å². The average molecular weight is 358 g/mol. The summed E-state index contributed by atoms with van der Waals surface area (Å²) in [4.78, 5) is 6.42. The van der Waals surface area contributed by atoms with Crippen LogP contribution in [0.5, 0.6) is 0 Å². The van der Waals surface area contributed by atoms with Gasteiger partial charge in [-0.05, 0) is 19.3 Å². The zero-order chi connectivity index (χ0) is 17.2. The molecule has 1 fully saturated rings. The van der Waals surface area contributed by atoms with E-state index in [1.807, 2.05) is 10.8 Å². The Morgan fingerprint density at radius 2 is 2.00 bits per heavy atom. The third-order valence-corrected chi connectivity index (χ3v) is 5.90. The summed E-state index contributed by atoms with van der Waals surface area (Å²) in [6.07, 6.45) is 8.62. The predicted octanol–water partition coefficient (Wildman–Crippen LogP) is 1.86. The Morgan fingerprint density at radius 1 is 1.16 bits per heavy atom. The van der Waals surface area contributed by atoms with E-state index in [4.69, 9.17) is 0 Å². The third kappa shape index (κ3) is 3.28. The molecule has 0 radical (unpaired) electrons. The van der Waals surface area contributed by atoms with Crippen LogP contribution in [0.1, 0.15) is 42.3 Å². The molecule has 3 aromatic rings. The van der Waals surface area contributed by atoms with Gasteiger partial charge in [-0.25, -0.2) is 4.98 Å². The van der Waals surface area contributed by atoms with E-state index in [0.29, 0.717) is 12.5 Å². The molecule has 0 bridgehead atoms. The van der Waals surface area contributed by atoms with Crippen LogP contribution in [0, 0.1) is 0 Å². The van der Waals surface area contributed by atoms with Gasteiger partial charge in [0.2, 0.25) is 5.13 Å². The van der Waals surface area contributed by atoms with Crippen LogP contribution in [-0.4, -0.2) is 47.6 Å². The van der Waals surface area contributed by atoms with Gasteiger partial charge in [0.1, 0.15) is 10.8 Å². The van der Waals surface area contributed by atoms with Gasteiger partial charge in [-0.2, -0.15) is 0 Å². The lowest BCUT2D eigenvalue weighted by molar-refractivity contribution is 0.471. The van der Waals surface area contributed by atoms with E-state index in [9.17, 15) is 0 Å². The van der Waals surface area contributed by atoms with Crippen LogP contribution < -0.4 is 4.90 Å². The summed E-state index contributed by atoms with van der Waals surface area (Å²) >= 11 is 1.71. The van der Waals surface area contributed by atoms with Crippen molar-refractivity contribution in [1.29, 1.82) is 0 Å². The Hall–Kier alpha value is -2.29. The van der Waals surface area contributed by atoms with E-state index in [1.54, 1.807) is 23.9 Å². The summed E-state index contributed by atoms with van der Waals surface area (Å²) in [7, 11) is 2.06. The SMILES string of the molecule is CCc1nnc(N2CCC(c3nnc(Cn4ccnc4)n3C)CC2)s1. The molecule has 1 aliphatic heterocycles. The van der Waals surface area contributed by atoms with Crippen molar-refractivity contribution in [3.63, 3.8) is 0 Å². The molecule has 0 spiro atoms. The van der Waals surface area contributed by atoms with Crippen LogP contribution in [0.3, 0.4) is 0 Å². The summed E-state index contributed by atoms with van der Waals surface area (Å²) < 4.78 is 4.15. The zero-order valence-corrected chi connectivity index (χ0v) is 15.4. The minimum absolute atomic E-state index is 0.448. The Kier molecular flexibility index (Phi) is 4.48. The van der Waals surface area contributed by atoms with Crippen molar-refractivity contribution in [3.8, 4) is 0 Å². The lowest BCUT2D eigenvalue weighted by Gasteiger charge is -2.30.